The Morgan fingerprint density at radius 3 is 2.34 bits per heavy atom. The molecule has 0 amide bonds. The van der Waals surface area contributed by atoms with Gasteiger partial charge in [-0.25, -0.2) is 0 Å². The quantitative estimate of drug-likeness (QED) is 0.307. The van der Waals surface area contributed by atoms with Gasteiger partial charge in [0.2, 0.25) is 0 Å². The van der Waals surface area contributed by atoms with Crippen molar-refractivity contribution in [1.82, 2.24) is 9.80 Å². The van der Waals surface area contributed by atoms with Crippen molar-refractivity contribution < 1.29 is 33.9 Å². The van der Waals surface area contributed by atoms with E-state index in [-0.39, 0.29) is 40.8 Å². The molecule has 3 unspecified atom stereocenters. The van der Waals surface area contributed by atoms with Crippen molar-refractivity contribution in [3.63, 3.8) is 0 Å². The molecule has 0 aromatic heterocycles. The van der Waals surface area contributed by atoms with Crippen molar-refractivity contribution in [2.24, 2.45) is 56.2 Å². The Labute approximate surface area is 320 Å². The van der Waals surface area contributed by atoms with Crippen LogP contribution < -0.4 is 0 Å². The van der Waals surface area contributed by atoms with Gasteiger partial charge in [-0.3, -0.25) is 9.80 Å². The third-order valence-corrected chi connectivity index (χ3v) is 18.5. The third-order valence-electron chi connectivity index (χ3n) is 18.5. The van der Waals surface area contributed by atoms with Crippen LogP contribution in [0.2, 0.25) is 0 Å². The first-order valence-electron chi connectivity index (χ1n) is 21.9. The molecule has 0 radical (unpaired) electrons. The molecule has 9 aliphatic rings. The normalized spacial score (nSPS) is 51.1. The molecule has 4 saturated heterocycles. The van der Waals surface area contributed by atoms with E-state index in [1.54, 1.807) is 0 Å². The second-order valence-electron chi connectivity index (χ2n) is 22.2. The molecule has 5 aliphatic carbocycles. The van der Waals surface area contributed by atoms with Gasteiger partial charge >= 0.3 is 0 Å². The Morgan fingerprint density at radius 2 is 1.66 bits per heavy atom. The molecule has 9 heteroatoms. The fourth-order valence-electron chi connectivity index (χ4n) is 15.9. The van der Waals surface area contributed by atoms with Gasteiger partial charge in [-0.15, -0.1) is 0 Å². The highest BCUT2D eigenvalue weighted by molar-refractivity contribution is 5.33. The van der Waals surface area contributed by atoms with Crippen LogP contribution in [0.25, 0.3) is 0 Å². The lowest BCUT2D eigenvalue weighted by Crippen LogP contribution is -2.65. The van der Waals surface area contributed by atoms with E-state index < -0.39 is 17.8 Å². The van der Waals surface area contributed by atoms with Crippen LogP contribution in [0, 0.1) is 56.2 Å². The lowest BCUT2D eigenvalue weighted by molar-refractivity contribution is -0.254. The van der Waals surface area contributed by atoms with E-state index in [2.05, 4.69) is 51.3 Å². The first-order valence-corrected chi connectivity index (χ1v) is 21.9. The molecule has 4 aliphatic heterocycles. The van der Waals surface area contributed by atoms with Crippen LogP contribution in [0.4, 0.5) is 0 Å². The van der Waals surface area contributed by atoms with Gasteiger partial charge in [0, 0.05) is 56.2 Å². The number of aliphatic hydroxyl groups is 2. The average Bonchev–Trinajstić information content (AvgIpc) is 3.70. The number of fused-ring (bicyclic) bond motifs is 4. The number of rotatable bonds is 9. The molecule has 0 aromatic rings. The first kappa shape index (κ1) is 38.2. The molecule has 2 spiro atoms. The number of likely N-dealkylation sites (tertiary alicyclic amines) is 1. The molecule has 9 nitrogen and oxygen atoms in total. The third kappa shape index (κ3) is 5.39. The summed E-state index contributed by atoms with van der Waals surface area (Å²) in [4.78, 5) is 5.25. The number of hydrogen-bond donors (Lipinski definition) is 2. The maximum absolute atomic E-state index is 12.7. The zero-order valence-corrected chi connectivity index (χ0v) is 34.7. The van der Waals surface area contributed by atoms with E-state index in [1.807, 2.05) is 20.8 Å². The maximum Gasteiger partial charge on any atom is 0.170 e. The summed E-state index contributed by atoms with van der Waals surface area (Å²) in [6.07, 6.45) is 8.09. The van der Waals surface area contributed by atoms with Crippen LogP contribution in [-0.2, 0) is 23.7 Å². The Balaban J connectivity index is 0.884. The second-order valence-corrected chi connectivity index (χ2v) is 22.2. The number of morpholine rings is 1. The van der Waals surface area contributed by atoms with Gasteiger partial charge < -0.3 is 33.9 Å². The lowest BCUT2D eigenvalue weighted by atomic mass is 9.41. The standard InChI is InChI=1S/C44H74N2O7/c1-10-50-37(39(5,6)48)29-19-27(2)34-35(52-29)36(47)42(9)31-12-11-30-38(3,4)32(13-14-43(30)23-44(31,43)16-15-41(34,42)8)53-33-22-46(17-18-51-33)28-20-45(21-28)24-40(7)25-49-26-40/h27-37,47-48H,10-26H2,1-9H3/t27-,29?,30+,31?,32+,33+,34+,35?,36+,37+,41-,42-,43-,44+/m1/s1. The Hall–Kier alpha value is -0.360. The van der Waals surface area contributed by atoms with E-state index in [0.29, 0.717) is 52.6 Å². The summed E-state index contributed by atoms with van der Waals surface area (Å²) in [7, 11) is 0. The summed E-state index contributed by atoms with van der Waals surface area (Å²) in [5.41, 5.74) is -0.119. The predicted octanol–water partition coefficient (Wildman–Crippen LogP) is 5.74. The van der Waals surface area contributed by atoms with Crippen LogP contribution in [0.3, 0.4) is 0 Å². The highest BCUT2D eigenvalue weighted by Gasteiger charge is 2.84. The topological polar surface area (TPSA) is 93.1 Å². The van der Waals surface area contributed by atoms with E-state index in [4.69, 9.17) is 23.7 Å². The summed E-state index contributed by atoms with van der Waals surface area (Å²) in [6, 6.07) is 0.610. The summed E-state index contributed by atoms with van der Waals surface area (Å²) < 4.78 is 32.1. The monoisotopic (exact) mass is 743 g/mol. The highest BCUT2D eigenvalue weighted by Crippen LogP contribution is 2.89. The van der Waals surface area contributed by atoms with Crippen molar-refractivity contribution in [3.8, 4) is 0 Å². The van der Waals surface area contributed by atoms with Gasteiger partial charge in [0.1, 0.15) is 6.10 Å². The van der Waals surface area contributed by atoms with Crippen LogP contribution in [0.15, 0.2) is 0 Å². The SMILES string of the molecule is CCO[C@@H](C1C[C@@H](C)[C@H]2C(O1)[C@H](O)[C@@]1(C)C3CC[C@H]4C(C)(C)[C@@H](O[C@H]5CN(C6CN(CC7(C)COC7)C6)CCO5)CC[C@@]45C[C@@]35CC[C@]21C)C(C)(C)O. The summed E-state index contributed by atoms with van der Waals surface area (Å²) in [6.45, 7) is 28.9. The van der Waals surface area contributed by atoms with Gasteiger partial charge in [0.25, 0.3) is 0 Å². The van der Waals surface area contributed by atoms with Gasteiger partial charge in [0.15, 0.2) is 6.29 Å². The molecule has 4 heterocycles. The minimum absolute atomic E-state index is 0.0188. The van der Waals surface area contributed by atoms with Crippen LogP contribution in [0.5, 0.6) is 0 Å². The van der Waals surface area contributed by atoms with Gasteiger partial charge in [-0.1, -0.05) is 41.5 Å². The van der Waals surface area contributed by atoms with Crippen LogP contribution in [0.1, 0.15) is 114 Å². The van der Waals surface area contributed by atoms with E-state index in [9.17, 15) is 10.2 Å². The zero-order chi connectivity index (χ0) is 37.6. The largest absolute Gasteiger partial charge is 0.390 e. The van der Waals surface area contributed by atoms with Crippen LogP contribution >= 0.6 is 0 Å². The number of nitrogens with zero attached hydrogens (tertiary/aromatic N) is 2. The van der Waals surface area contributed by atoms with Gasteiger partial charge in [-0.2, -0.15) is 0 Å². The fourth-order valence-corrected chi connectivity index (χ4v) is 15.9. The minimum atomic E-state index is -1.01. The summed E-state index contributed by atoms with van der Waals surface area (Å²) in [5.74, 6) is 1.84. The molecular formula is C44H74N2O7. The van der Waals surface area contributed by atoms with Crippen molar-refractivity contribution >= 4 is 0 Å². The minimum Gasteiger partial charge on any atom is -0.390 e. The molecule has 302 valence electrons. The Morgan fingerprint density at radius 1 is 0.943 bits per heavy atom. The van der Waals surface area contributed by atoms with Crippen molar-refractivity contribution in [3.05, 3.63) is 0 Å². The van der Waals surface area contributed by atoms with E-state index in [1.165, 1.54) is 38.5 Å². The Bertz CT molecular complexity index is 1390. The molecule has 53 heavy (non-hydrogen) atoms. The number of ether oxygens (including phenoxy) is 5. The number of aliphatic hydroxyl groups excluding tert-OH is 1. The first-order chi connectivity index (χ1) is 24.9. The zero-order valence-electron chi connectivity index (χ0n) is 34.7. The molecule has 14 atom stereocenters. The summed E-state index contributed by atoms with van der Waals surface area (Å²) >= 11 is 0. The number of hydrogen-bond acceptors (Lipinski definition) is 9. The molecule has 2 N–H and O–H groups in total. The predicted molar refractivity (Wildman–Crippen MR) is 203 cm³/mol. The van der Waals surface area contributed by atoms with Crippen molar-refractivity contribution in [2.75, 3.05) is 59.2 Å². The highest BCUT2D eigenvalue weighted by atomic mass is 16.7. The van der Waals surface area contributed by atoms with Crippen molar-refractivity contribution in [2.45, 2.75) is 162 Å². The Kier molecular flexibility index (Phi) is 9.05. The smallest absolute Gasteiger partial charge is 0.170 e. The molecule has 9 rings (SSSR count). The van der Waals surface area contributed by atoms with Gasteiger partial charge in [0.05, 0.1) is 49.8 Å². The molecule has 5 saturated carbocycles. The molecule has 0 bridgehead atoms. The molecule has 9 fully saturated rings. The summed E-state index contributed by atoms with van der Waals surface area (Å²) in [5, 5.41) is 23.8. The maximum atomic E-state index is 12.7. The van der Waals surface area contributed by atoms with Crippen molar-refractivity contribution in [1.29, 1.82) is 0 Å². The van der Waals surface area contributed by atoms with E-state index >= 15 is 0 Å². The van der Waals surface area contributed by atoms with E-state index in [0.717, 1.165) is 65.4 Å². The van der Waals surface area contributed by atoms with Gasteiger partial charge in [-0.05, 0) is 117 Å². The fraction of sp³-hybridized carbons (Fsp3) is 1.00. The molecule has 0 aromatic carbocycles. The second kappa shape index (κ2) is 12.6. The molecular weight excluding hydrogens is 668 g/mol. The average molecular weight is 743 g/mol. The van der Waals surface area contributed by atoms with Crippen LogP contribution in [-0.4, -0.2) is 128 Å². The lowest BCUT2D eigenvalue weighted by Gasteiger charge is -2.64.